The second-order valence-corrected chi connectivity index (χ2v) is 7.53. The normalized spacial score (nSPS) is 12.5. The number of likely N-dealkylation sites (N-methyl/N-ethyl adjacent to an activating group) is 1. The maximum atomic E-state index is 2.43. The van der Waals surface area contributed by atoms with Crippen LogP contribution in [0.15, 0.2) is 54.1 Å². The first kappa shape index (κ1) is 18.7. The third-order valence-electron chi connectivity index (χ3n) is 4.69. The van der Waals surface area contributed by atoms with Crippen molar-refractivity contribution in [2.24, 2.45) is 5.92 Å². The lowest BCUT2D eigenvalue weighted by atomic mass is 10.0. The summed E-state index contributed by atoms with van der Waals surface area (Å²) in [5, 5.41) is 2.68. The van der Waals surface area contributed by atoms with Crippen molar-refractivity contribution in [3.8, 4) is 0 Å². The van der Waals surface area contributed by atoms with Crippen molar-refractivity contribution in [3.05, 3.63) is 59.7 Å². The van der Waals surface area contributed by atoms with E-state index >= 15 is 0 Å². The van der Waals surface area contributed by atoms with Crippen LogP contribution < -0.4 is 0 Å². The molecule has 1 heteroatoms. The fourth-order valence-corrected chi connectivity index (χ4v) is 3.01. The lowest BCUT2D eigenvalue weighted by molar-refractivity contribution is 0.347. The number of rotatable bonds is 9. The van der Waals surface area contributed by atoms with Crippen LogP contribution in [0.1, 0.15) is 45.6 Å². The van der Waals surface area contributed by atoms with Crippen LogP contribution in [0, 0.1) is 5.92 Å². The largest absolute Gasteiger partial charge is 0.303 e. The number of hydrogen-bond donors (Lipinski definition) is 0. The van der Waals surface area contributed by atoms with Gasteiger partial charge in [0.15, 0.2) is 0 Å². The van der Waals surface area contributed by atoms with Crippen LogP contribution in [-0.2, 0) is 6.42 Å². The van der Waals surface area contributed by atoms with Gasteiger partial charge in [0.25, 0.3) is 0 Å². The van der Waals surface area contributed by atoms with Crippen molar-refractivity contribution in [1.29, 1.82) is 0 Å². The van der Waals surface area contributed by atoms with Crippen molar-refractivity contribution in [2.45, 2.75) is 46.5 Å². The Hall–Kier alpha value is -1.60. The van der Waals surface area contributed by atoms with E-state index in [1.54, 1.807) is 0 Å². The molecule has 0 bridgehead atoms. The quantitative estimate of drug-likeness (QED) is 0.505. The van der Waals surface area contributed by atoms with Crippen molar-refractivity contribution >= 4 is 10.8 Å². The van der Waals surface area contributed by atoms with Crippen molar-refractivity contribution in [1.82, 2.24) is 4.90 Å². The highest BCUT2D eigenvalue weighted by Crippen LogP contribution is 2.17. The van der Waals surface area contributed by atoms with Gasteiger partial charge < -0.3 is 4.90 Å². The van der Waals surface area contributed by atoms with E-state index in [1.807, 2.05) is 0 Å². The molecule has 0 fully saturated rings. The van der Waals surface area contributed by atoms with Gasteiger partial charge >= 0.3 is 0 Å². The van der Waals surface area contributed by atoms with Crippen LogP contribution in [0.5, 0.6) is 0 Å². The first-order valence-corrected chi connectivity index (χ1v) is 9.36. The Morgan fingerprint density at radius 3 is 2.58 bits per heavy atom. The molecule has 0 unspecified atom stereocenters. The molecule has 2 aromatic rings. The Bertz CT molecular complexity index is 654. The summed E-state index contributed by atoms with van der Waals surface area (Å²) >= 11 is 0. The molecular formula is C23H33N. The van der Waals surface area contributed by atoms with Crippen LogP contribution >= 0.6 is 0 Å². The number of aryl methyl sites for hydroxylation is 1. The van der Waals surface area contributed by atoms with Gasteiger partial charge in [0, 0.05) is 6.54 Å². The molecule has 130 valence electrons. The van der Waals surface area contributed by atoms with Gasteiger partial charge in [-0.1, -0.05) is 68.0 Å². The molecule has 0 spiro atoms. The SMILES string of the molecule is C/C(=C\CN(C)CCCC(C)C)CCc1ccc2ccccc2c1. The molecule has 0 atom stereocenters. The van der Waals surface area contributed by atoms with E-state index < -0.39 is 0 Å². The van der Waals surface area contributed by atoms with Gasteiger partial charge in [-0.25, -0.2) is 0 Å². The zero-order chi connectivity index (χ0) is 17.4. The van der Waals surface area contributed by atoms with Crippen LogP contribution in [0.3, 0.4) is 0 Å². The highest BCUT2D eigenvalue weighted by molar-refractivity contribution is 5.82. The molecule has 2 rings (SSSR count). The van der Waals surface area contributed by atoms with Crippen molar-refractivity contribution < 1.29 is 0 Å². The predicted molar refractivity (Wildman–Crippen MR) is 108 cm³/mol. The molecule has 1 nitrogen and oxygen atoms in total. The van der Waals surface area contributed by atoms with Crippen LogP contribution in [0.2, 0.25) is 0 Å². The third-order valence-corrected chi connectivity index (χ3v) is 4.69. The molecule has 24 heavy (non-hydrogen) atoms. The topological polar surface area (TPSA) is 3.24 Å². The minimum absolute atomic E-state index is 0.817. The molecule has 0 aliphatic heterocycles. The zero-order valence-corrected chi connectivity index (χ0v) is 15.9. The number of hydrogen-bond acceptors (Lipinski definition) is 1. The average Bonchev–Trinajstić information content (AvgIpc) is 2.57. The van der Waals surface area contributed by atoms with Crippen LogP contribution in [0.25, 0.3) is 10.8 Å². The van der Waals surface area contributed by atoms with E-state index in [9.17, 15) is 0 Å². The third kappa shape index (κ3) is 6.49. The number of fused-ring (bicyclic) bond motifs is 1. The standard InChI is InChI=1S/C23H33N/c1-19(2)8-7-16-24(4)17-15-20(3)11-12-21-13-14-22-9-5-6-10-23(22)18-21/h5-6,9-10,13-15,18-19H,7-8,11-12,16-17H2,1-4H3/b20-15+. The zero-order valence-electron chi connectivity index (χ0n) is 15.9. The van der Waals surface area contributed by atoms with Gasteiger partial charge in [-0.15, -0.1) is 0 Å². The summed E-state index contributed by atoms with van der Waals surface area (Å²) in [5.41, 5.74) is 2.94. The molecule has 0 aromatic heterocycles. The summed E-state index contributed by atoms with van der Waals surface area (Å²) in [6, 6.07) is 15.5. The van der Waals surface area contributed by atoms with Crippen LogP contribution in [0.4, 0.5) is 0 Å². The highest BCUT2D eigenvalue weighted by Gasteiger charge is 2.00. The molecule has 0 aliphatic rings. The van der Waals surface area contributed by atoms with Gasteiger partial charge in [0.2, 0.25) is 0 Å². The van der Waals surface area contributed by atoms with Gasteiger partial charge in [0.1, 0.15) is 0 Å². The van der Waals surface area contributed by atoms with E-state index in [4.69, 9.17) is 0 Å². The molecule has 0 N–H and O–H groups in total. The molecule has 0 amide bonds. The Balaban J connectivity index is 1.77. The fraction of sp³-hybridized carbons (Fsp3) is 0.478. The molecule has 0 aliphatic carbocycles. The summed E-state index contributed by atoms with van der Waals surface area (Å²) in [5.74, 6) is 0.817. The lowest BCUT2D eigenvalue weighted by Gasteiger charge is -2.15. The second-order valence-electron chi connectivity index (χ2n) is 7.53. The first-order valence-electron chi connectivity index (χ1n) is 9.36. The lowest BCUT2D eigenvalue weighted by Crippen LogP contribution is -2.20. The Labute approximate surface area is 148 Å². The fourth-order valence-electron chi connectivity index (χ4n) is 3.01. The van der Waals surface area contributed by atoms with Crippen LogP contribution in [-0.4, -0.2) is 25.0 Å². The van der Waals surface area contributed by atoms with E-state index in [2.05, 4.69) is 81.3 Å². The van der Waals surface area contributed by atoms with Gasteiger partial charge in [-0.05, 0) is 68.5 Å². The van der Waals surface area contributed by atoms with Gasteiger partial charge in [-0.3, -0.25) is 0 Å². The smallest absolute Gasteiger partial charge is 0.0162 e. The summed E-state index contributed by atoms with van der Waals surface area (Å²) in [7, 11) is 2.23. The maximum Gasteiger partial charge on any atom is 0.0162 e. The minimum atomic E-state index is 0.817. The number of allylic oxidation sites excluding steroid dienone is 1. The minimum Gasteiger partial charge on any atom is -0.303 e. The van der Waals surface area contributed by atoms with Crippen molar-refractivity contribution in [2.75, 3.05) is 20.1 Å². The van der Waals surface area contributed by atoms with Crippen molar-refractivity contribution in [3.63, 3.8) is 0 Å². The van der Waals surface area contributed by atoms with E-state index in [1.165, 1.54) is 41.3 Å². The summed E-state index contributed by atoms with van der Waals surface area (Å²) < 4.78 is 0. The molecular weight excluding hydrogens is 290 g/mol. The van der Waals surface area contributed by atoms with Gasteiger partial charge in [-0.2, -0.15) is 0 Å². The maximum absolute atomic E-state index is 2.43. The summed E-state index contributed by atoms with van der Waals surface area (Å²) in [6.07, 6.45) is 7.31. The monoisotopic (exact) mass is 323 g/mol. The van der Waals surface area contributed by atoms with E-state index in [0.29, 0.717) is 0 Å². The highest BCUT2D eigenvalue weighted by atomic mass is 15.1. The number of nitrogens with zero attached hydrogens (tertiary/aromatic N) is 1. The Kier molecular flexibility index (Phi) is 7.52. The Morgan fingerprint density at radius 1 is 1.08 bits per heavy atom. The van der Waals surface area contributed by atoms with Gasteiger partial charge in [0.05, 0.1) is 0 Å². The predicted octanol–water partition coefficient (Wildman–Crippen LogP) is 6.09. The second kappa shape index (κ2) is 9.64. The molecule has 2 aromatic carbocycles. The first-order chi connectivity index (χ1) is 11.5. The van der Waals surface area contributed by atoms with E-state index in [-0.39, 0.29) is 0 Å². The molecule has 0 radical (unpaired) electrons. The summed E-state index contributed by atoms with van der Waals surface area (Å²) in [4.78, 5) is 2.43. The average molecular weight is 324 g/mol. The number of benzene rings is 2. The Morgan fingerprint density at radius 2 is 1.83 bits per heavy atom. The molecule has 0 saturated carbocycles. The molecule has 0 saturated heterocycles. The summed E-state index contributed by atoms with van der Waals surface area (Å²) in [6.45, 7) is 9.14. The van der Waals surface area contributed by atoms with E-state index in [0.717, 1.165) is 25.3 Å². The molecule has 0 heterocycles.